The molecule has 2 aromatic rings. The van der Waals surface area contributed by atoms with E-state index in [1.54, 1.807) is 6.20 Å². The second-order valence-corrected chi connectivity index (χ2v) is 7.03. The van der Waals surface area contributed by atoms with Crippen LogP contribution in [0.5, 0.6) is 0 Å². The minimum Gasteiger partial charge on any atom is -0.360 e. The summed E-state index contributed by atoms with van der Waals surface area (Å²) in [6.45, 7) is 8.70. The summed E-state index contributed by atoms with van der Waals surface area (Å²) in [5.74, 6) is 0.805. The van der Waals surface area contributed by atoms with Crippen molar-refractivity contribution in [1.29, 1.82) is 0 Å². The van der Waals surface area contributed by atoms with Crippen LogP contribution in [0.3, 0.4) is 0 Å². The van der Waals surface area contributed by atoms with Crippen molar-refractivity contribution in [3.05, 3.63) is 59.8 Å². The van der Waals surface area contributed by atoms with Crippen LogP contribution in [0.4, 0.5) is 5.82 Å². The average Bonchev–Trinajstić information content (AvgIpc) is 2.50. The molecule has 23 heavy (non-hydrogen) atoms. The van der Waals surface area contributed by atoms with E-state index >= 15 is 0 Å². The van der Waals surface area contributed by atoms with Crippen molar-refractivity contribution >= 4 is 23.1 Å². The fourth-order valence-electron chi connectivity index (χ4n) is 2.81. The zero-order valence-corrected chi connectivity index (χ0v) is 15.1. The number of hydrogen-bond donors (Lipinski definition) is 2. The molecule has 1 atom stereocenters. The average molecular weight is 327 g/mol. The van der Waals surface area contributed by atoms with Gasteiger partial charge in [-0.05, 0) is 55.1 Å². The van der Waals surface area contributed by atoms with Crippen LogP contribution in [0.1, 0.15) is 38.3 Å². The highest BCUT2D eigenvalue weighted by Gasteiger charge is 2.23. The molecule has 0 amide bonds. The molecular formula is C19H25N3S. The molecule has 3 nitrogen and oxygen atoms in total. The highest BCUT2D eigenvalue weighted by Crippen LogP contribution is 2.28. The van der Waals surface area contributed by atoms with Crippen LogP contribution in [-0.4, -0.2) is 16.1 Å². The molecule has 2 N–H and O–H groups in total. The Bertz CT molecular complexity index is 653. The molecule has 0 saturated heterocycles. The van der Waals surface area contributed by atoms with E-state index in [1.165, 1.54) is 5.56 Å². The Morgan fingerprint density at radius 3 is 2.52 bits per heavy atom. The molecule has 1 aromatic carbocycles. The van der Waals surface area contributed by atoms with Gasteiger partial charge in [0.15, 0.2) is 5.11 Å². The first-order valence-corrected chi connectivity index (χ1v) is 8.34. The Hall–Kier alpha value is -1.94. The summed E-state index contributed by atoms with van der Waals surface area (Å²) >= 11 is 5.42. The van der Waals surface area contributed by atoms with Gasteiger partial charge < -0.3 is 10.6 Å². The summed E-state index contributed by atoms with van der Waals surface area (Å²) in [6, 6.07) is 14.8. The predicted octanol–water partition coefficient (Wildman–Crippen LogP) is 4.43. The van der Waals surface area contributed by atoms with Crippen LogP contribution in [0, 0.1) is 6.92 Å². The normalized spacial score (nSPS) is 12.5. The summed E-state index contributed by atoms with van der Waals surface area (Å²) in [5, 5.41) is 7.15. The minimum atomic E-state index is 0.0875. The van der Waals surface area contributed by atoms with E-state index in [2.05, 4.69) is 66.7 Å². The van der Waals surface area contributed by atoms with Gasteiger partial charge in [-0.1, -0.05) is 50.2 Å². The lowest BCUT2D eigenvalue weighted by Gasteiger charge is -2.29. The van der Waals surface area contributed by atoms with E-state index in [4.69, 9.17) is 12.2 Å². The number of thiocarbonyl (C=S) groups is 1. The van der Waals surface area contributed by atoms with Crippen molar-refractivity contribution in [2.45, 2.75) is 45.6 Å². The van der Waals surface area contributed by atoms with Crippen LogP contribution in [0.2, 0.25) is 0 Å². The van der Waals surface area contributed by atoms with Crippen molar-refractivity contribution in [2.24, 2.45) is 0 Å². The molecular weight excluding hydrogens is 302 g/mol. The van der Waals surface area contributed by atoms with Gasteiger partial charge >= 0.3 is 0 Å². The fourth-order valence-corrected chi connectivity index (χ4v) is 3.11. The molecule has 0 saturated carbocycles. The van der Waals surface area contributed by atoms with Gasteiger partial charge in [-0.25, -0.2) is 4.98 Å². The summed E-state index contributed by atoms with van der Waals surface area (Å²) in [4.78, 5) is 4.31. The molecule has 0 aliphatic heterocycles. The van der Waals surface area contributed by atoms with E-state index in [0.29, 0.717) is 5.11 Å². The molecule has 1 heterocycles. The van der Waals surface area contributed by atoms with E-state index in [9.17, 15) is 0 Å². The topological polar surface area (TPSA) is 37.0 Å². The van der Waals surface area contributed by atoms with Gasteiger partial charge in [-0.3, -0.25) is 0 Å². The lowest BCUT2D eigenvalue weighted by atomic mass is 9.79. The van der Waals surface area contributed by atoms with Crippen LogP contribution in [0.15, 0.2) is 48.7 Å². The summed E-state index contributed by atoms with van der Waals surface area (Å²) in [7, 11) is 0. The van der Waals surface area contributed by atoms with Gasteiger partial charge in [0, 0.05) is 12.2 Å². The maximum absolute atomic E-state index is 5.42. The fraction of sp³-hybridized carbons (Fsp3) is 0.368. The monoisotopic (exact) mass is 327 g/mol. The number of benzene rings is 1. The first-order valence-electron chi connectivity index (χ1n) is 7.93. The first-order chi connectivity index (χ1) is 10.9. The Morgan fingerprint density at radius 2 is 1.87 bits per heavy atom. The van der Waals surface area contributed by atoms with Gasteiger partial charge in [0.2, 0.25) is 0 Å². The maximum atomic E-state index is 5.42. The highest BCUT2D eigenvalue weighted by atomic mass is 32.1. The quantitative estimate of drug-likeness (QED) is 0.797. The Balaban J connectivity index is 1.93. The third-order valence-electron chi connectivity index (χ3n) is 3.99. The standard InChI is InChI=1S/C19H25N3S/c1-14-9-8-12-20-17(14)22-18(23)21-15(2)13-19(3,4)16-10-6-5-7-11-16/h5-12,15H,13H2,1-4H3,(H2,20,21,22,23)/t15-/m1/s1. The number of anilines is 1. The summed E-state index contributed by atoms with van der Waals surface area (Å²) in [5.41, 5.74) is 2.51. The van der Waals surface area contributed by atoms with E-state index < -0.39 is 0 Å². The molecule has 2 rings (SSSR count). The molecule has 0 bridgehead atoms. The zero-order chi connectivity index (χ0) is 16.9. The number of pyridine rings is 1. The molecule has 1 aromatic heterocycles. The first kappa shape index (κ1) is 17.4. The van der Waals surface area contributed by atoms with Crippen molar-refractivity contribution in [1.82, 2.24) is 10.3 Å². The van der Waals surface area contributed by atoms with E-state index in [0.717, 1.165) is 17.8 Å². The molecule has 0 fully saturated rings. The van der Waals surface area contributed by atoms with Crippen LogP contribution < -0.4 is 10.6 Å². The van der Waals surface area contributed by atoms with Gasteiger partial charge in [0.05, 0.1) is 0 Å². The second kappa shape index (κ2) is 7.55. The molecule has 0 aliphatic carbocycles. The zero-order valence-electron chi connectivity index (χ0n) is 14.3. The third kappa shape index (κ3) is 5.03. The van der Waals surface area contributed by atoms with E-state index in [-0.39, 0.29) is 11.5 Å². The van der Waals surface area contributed by atoms with Gasteiger partial charge in [0.1, 0.15) is 5.82 Å². The molecule has 0 aliphatic rings. The lowest BCUT2D eigenvalue weighted by molar-refractivity contribution is 0.420. The van der Waals surface area contributed by atoms with Gasteiger partial charge in [-0.2, -0.15) is 0 Å². The lowest BCUT2D eigenvalue weighted by Crippen LogP contribution is -2.39. The Morgan fingerprint density at radius 1 is 1.17 bits per heavy atom. The number of aryl methyl sites for hydroxylation is 1. The minimum absolute atomic E-state index is 0.0875. The number of nitrogens with zero attached hydrogens (tertiary/aromatic N) is 1. The van der Waals surface area contributed by atoms with Crippen LogP contribution in [0.25, 0.3) is 0 Å². The molecule has 122 valence electrons. The van der Waals surface area contributed by atoms with Crippen molar-refractivity contribution in [3.63, 3.8) is 0 Å². The maximum Gasteiger partial charge on any atom is 0.172 e. The molecule has 0 spiro atoms. The SMILES string of the molecule is Cc1cccnc1NC(=S)N[C@H](C)CC(C)(C)c1ccccc1. The summed E-state index contributed by atoms with van der Waals surface area (Å²) < 4.78 is 0. The number of rotatable bonds is 5. The van der Waals surface area contributed by atoms with Gasteiger partial charge in [0.25, 0.3) is 0 Å². The smallest absolute Gasteiger partial charge is 0.172 e. The second-order valence-electron chi connectivity index (χ2n) is 6.62. The van der Waals surface area contributed by atoms with Crippen LogP contribution in [-0.2, 0) is 5.41 Å². The highest BCUT2D eigenvalue weighted by molar-refractivity contribution is 7.80. The summed E-state index contributed by atoms with van der Waals surface area (Å²) in [6.07, 6.45) is 2.75. The number of hydrogen-bond acceptors (Lipinski definition) is 2. The molecule has 0 radical (unpaired) electrons. The van der Waals surface area contributed by atoms with E-state index in [1.807, 2.05) is 19.1 Å². The molecule has 0 unspecified atom stereocenters. The Kier molecular flexibility index (Phi) is 5.72. The predicted molar refractivity (Wildman–Crippen MR) is 102 cm³/mol. The van der Waals surface area contributed by atoms with Crippen molar-refractivity contribution in [3.8, 4) is 0 Å². The Labute approximate surface area is 144 Å². The molecule has 4 heteroatoms. The van der Waals surface area contributed by atoms with Crippen molar-refractivity contribution in [2.75, 3.05) is 5.32 Å². The van der Waals surface area contributed by atoms with Crippen LogP contribution >= 0.6 is 12.2 Å². The third-order valence-corrected chi connectivity index (χ3v) is 4.21. The van der Waals surface area contributed by atoms with Gasteiger partial charge in [-0.15, -0.1) is 0 Å². The van der Waals surface area contributed by atoms with Crippen molar-refractivity contribution < 1.29 is 0 Å². The number of nitrogens with one attached hydrogen (secondary N) is 2. The largest absolute Gasteiger partial charge is 0.360 e. The number of aromatic nitrogens is 1.